The topological polar surface area (TPSA) is 115 Å². The fraction of sp³-hybridized carbons (Fsp3) is 0.235. The van der Waals surface area contributed by atoms with Gasteiger partial charge < -0.3 is 23.7 Å². The number of methoxy groups -OCH3 is 2. The Labute approximate surface area is 273 Å². The summed E-state index contributed by atoms with van der Waals surface area (Å²) in [5, 5.41) is 0.404. The molecule has 0 aliphatic carbocycles. The first-order valence-corrected chi connectivity index (χ1v) is 15.6. The van der Waals surface area contributed by atoms with Gasteiger partial charge in [0.1, 0.15) is 5.75 Å². The van der Waals surface area contributed by atoms with Crippen molar-refractivity contribution in [3.63, 3.8) is 0 Å². The van der Waals surface area contributed by atoms with Gasteiger partial charge in [0.15, 0.2) is 22.9 Å². The van der Waals surface area contributed by atoms with E-state index in [0.717, 1.165) is 11.3 Å². The number of carbonyl (C=O) groups is 2. The Morgan fingerprint density at radius 1 is 0.935 bits per heavy atom. The molecule has 0 bridgehead atoms. The Bertz CT molecular complexity index is 1980. The van der Waals surface area contributed by atoms with E-state index in [1.54, 1.807) is 56.3 Å². The van der Waals surface area contributed by atoms with E-state index in [2.05, 4.69) is 0 Å². The summed E-state index contributed by atoms with van der Waals surface area (Å²) >= 11 is 7.46. The minimum atomic E-state index is -0.925. The number of aromatic nitrogens is 1. The summed E-state index contributed by atoms with van der Waals surface area (Å²) in [5.41, 5.74) is 1.90. The molecule has 0 saturated heterocycles. The van der Waals surface area contributed by atoms with E-state index < -0.39 is 23.5 Å². The van der Waals surface area contributed by atoms with Gasteiger partial charge in [-0.15, -0.1) is 0 Å². The van der Waals surface area contributed by atoms with Crippen molar-refractivity contribution in [1.82, 2.24) is 4.57 Å². The highest BCUT2D eigenvalue weighted by Crippen LogP contribution is 2.38. The van der Waals surface area contributed by atoms with E-state index in [1.165, 1.54) is 18.8 Å². The predicted octanol–water partition coefficient (Wildman–Crippen LogP) is 4.55. The molecule has 1 aliphatic heterocycles. The molecule has 2 heterocycles. The minimum absolute atomic E-state index is 0.122. The van der Waals surface area contributed by atoms with Gasteiger partial charge in [0.05, 0.1) is 49.3 Å². The zero-order valence-electron chi connectivity index (χ0n) is 25.6. The summed E-state index contributed by atoms with van der Waals surface area (Å²) in [4.78, 5) is 45.2. The van der Waals surface area contributed by atoms with Crippen molar-refractivity contribution in [2.75, 3.05) is 34.0 Å². The molecule has 5 rings (SSSR count). The number of fused-ring (bicyclic) bond motifs is 1. The molecule has 1 atom stereocenters. The molecule has 0 fully saturated rings. The van der Waals surface area contributed by atoms with Gasteiger partial charge in [-0.05, 0) is 55.8 Å². The summed E-state index contributed by atoms with van der Waals surface area (Å²) in [6, 6.07) is 18.4. The molecule has 46 heavy (non-hydrogen) atoms. The van der Waals surface area contributed by atoms with Gasteiger partial charge in [-0.1, -0.05) is 59.3 Å². The first-order valence-electron chi connectivity index (χ1n) is 14.4. The van der Waals surface area contributed by atoms with E-state index in [0.29, 0.717) is 54.0 Å². The number of hydrogen-bond acceptors (Lipinski definition) is 10. The zero-order valence-corrected chi connectivity index (χ0v) is 27.1. The Morgan fingerprint density at radius 2 is 1.65 bits per heavy atom. The molecule has 10 nitrogen and oxygen atoms in total. The van der Waals surface area contributed by atoms with Crippen LogP contribution in [0.4, 0.5) is 0 Å². The lowest BCUT2D eigenvalue weighted by molar-refractivity contribution is -0.145. The first-order chi connectivity index (χ1) is 22.3. The maximum Gasteiger partial charge on any atom is 0.344 e. The number of esters is 2. The Hall–Kier alpha value is -4.87. The molecule has 0 spiro atoms. The van der Waals surface area contributed by atoms with E-state index in [1.807, 2.05) is 30.3 Å². The molecule has 0 saturated carbocycles. The molecule has 1 aliphatic rings. The molecule has 1 aromatic heterocycles. The number of ether oxygens (including phenoxy) is 5. The van der Waals surface area contributed by atoms with Crippen molar-refractivity contribution in [3.05, 3.63) is 114 Å². The second kappa shape index (κ2) is 14.5. The molecule has 3 aromatic carbocycles. The largest absolute Gasteiger partial charge is 0.493 e. The monoisotopic (exact) mass is 662 g/mol. The van der Waals surface area contributed by atoms with Crippen molar-refractivity contribution < 1.29 is 33.3 Å². The predicted molar refractivity (Wildman–Crippen MR) is 174 cm³/mol. The summed E-state index contributed by atoms with van der Waals surface area (Å²) in [5.74, 6) is 0.101. The summed E-state index contributed by atoms with van der Waals surface area (Å²) in [6.45, 7) is 3.44. The number of thiazole rings is 1. The number of halogens is 1. The van der Waals surface area contributed by atoms with E-state index in [9.17, 15) is 14.4 Å². The second-order valence-electron chi connectivity index (χ2n) is 9.82. The number of benzene rings is 3. The van der Waals surface area contributed by atoms with Crippen LogP contribution in [0.3, 0.4) is 0 Å². The highest BCUT2D eigenvalue weighted by Gasteiger charge is 2.35. The highest BCUT2D eigenvalue weighted by atomic mass is 35.5. The number of rotatable bonds is 11. The summed E-state index contributed by atoms with van der Waals surface area (Å²) in [6.07, 6.45) is 1.62. The van der Waals surface area contributed by atoms with Crippen LogP contribution in [0.25, 0.3) is 11.8 Å². The number of carbonyl (C=O) groups excluding carboxylic acids is 2. The molecule has 0 radical (unpaired) electrons. The second-order valence-corrected chi connectivity index (χ2v) is 11.3. The van der Waals surface area contributed by atoms with Crippen LogP contribution < -0.4 is 29.1 Å². The standard InChI is InChI=1S/C34H31ClN2O8S/c1-5-43-28(38)19-45-24-15-13-23(35)16-22(24)18-27-32(39)37-31(21-12-14-25(41-3)26(17-21)42-4)29(33(40)44-6-2)30(36-34(37)46-27)20-10-8-7-9-11-20/h7-18,31H,5-6,19H2,1-4H3/b27-18-/t31-/m0/s1. The number of nitrogens with zero attached hydrogens (tertiary/aromatic N) is 2. The van der Waals surface area contributed by atoms with E-state index in [-0.39, 0.29) is 25.4 Å². The molecule has 0 N–H and O–H groups in total. The summed E-state index contributed by atoms with van der Waals surface area (Å²) < 4.78 is 29.0. The minimum Gasteiger partial charge on any atom is -0.493 e. The average molecular weight is 663 g/mol. The van der Waals surface area contributed by atoms with Gasteiger partial charge in [0.2, 0.25) is 0 Å². The zero-order chi connectivity index (χ0) is 32.8. The highest BCUT2D eigenvalue weighted by molar-refractivity contribution is 7.07. The molecular formula is C34H31ClN2O8S. The third kappa shape index (κ3) is 6.70. The van der Waals surface area contributed by atoms with Gasteiger partial charge in [-0.3, -0.25) is 9.36 Å². The number of hydrogen-bond donors (Lipinski definition) is 0. The van der Waals surface area contributed by atoms with Gasteiger partial charge >= 0.3 is 11.9 Å². The van der Waals surface area contributed by atoms with Crippen LogP contribution in [0, 0.1) is 0 Å². The molecular weight excluding hydrogens is 632 g/mol. The van der Waals surface area contributed by atoms with Crippen LogP contribution in [0.15, 0.2) is 82.1 Å². The van der Waals surface area contributed by atoms with Crippen molar-refractivity contribution in [1.29, 1.82) is 0 Å². The van der Waals surface area contributed by atoms with Crippen LogP contribution >= 0.6 is 22.9 Å². The van der Waals surface area contributed by atoms with Crippen molar-refractivity contribution in [2.45, 2.75) is 19.9 Å². The van der Waals surface area contributed by atoms with Gasteiger partial charge in [-0.25, -0.2) is 14.6 Å². The van der Waals surface area contributed by atoms with Crippen LogP contribution in [0.1, 0.15) is 36.6 Å². The van der Waals surface area contributed by atoms with Gasteiger partial charge in [0.25, 0.3) is 5.56 Å². The quantitative estimate of drug-likeness (QED) is 0.215. The van der Waals surface area contributed by atoms with Crippen molar-refractivity contribution >= 4 is 46.6 Å². The molecule has 0 unspecified atom stereocenters. The first kappa shape index (κ1) is 32.5. The lowest BCUT2D eigenvalue weighted by Crippen LogP contribution is -2.40. The smallest absolute Gasteiger partial charge is 0.344 e. The average Bonchev–Trinajstić information content (AvgIpc) is 3.37. The lowest BCUT2D eigenvalue weighted by Gasteiger charge is -2.26. The third-order valence-electron chi connectivity index (χ3n) is 7.01. The lowest BCUT2D eigenvalue weighted by atomic mass is 9.93. The van der Waals surface area contributed by atoms with Gasteiger partial charge in [0, 0.05) is 16.1 Å². The maximum absolute atomic E-state index is 14.3. The molecule has 238 valence electrons. The van der Waals surface area contributed by atoms with Crippen molar-refractivity contribution in [2.24, 2.45) is 4.99 Å². The van der Waals surface area contributed by atoms with Crippen molar-refractivity contribution in [3.8, 4) is 17.2 Å². The Balaban J connectivity index is 1.77. The fourth-order valence-corrected chi connectivity index (χ4v) is 6.20. The Kier molecular flexibility index (Phi) is 10.2. The molecule has 12 heteroatoms. The normalized spacial score (nSPS) is 14.3. The van der Waals surface area contributed by atoms with Crippen LogP contribution in [0.5, 0.6) is 17.2 Å². The third-order valence-corrected chi connectivity index (χ3v) is 8.22. The van der Waals surface area contributed by atoms with Crippen LogP contribution in [-0.2, 0) is 19.1 Å². The van der Waals surface area contributed by atoms with Crippen LogP contribution in [-0.4, -0.2) is 50.5 Å². The van der Waals surface area contributed by atoms with E-state index >= 15 is 0 Å². The maximum atomic E-state index is 14.3. The Morgan fingerprint density at radius 3 is 2.35 bits per heavy atom. The van der Waals surface area contributed by atoms with E-state index in [4.69, 9.17) is 40.3 Å². The van der Waals surface area contributed by atoms with Crippen LogP contribution in [0.2, 0.25) is 5.02 Å². The molecule has 0 amide bonds. The van der Waals surface area contributed by atoms with Gasteiger partial charge in [-0.2, -0.15) is 0 Å². The fourth-order valence-electron chi connectivity index (χ4n) is 5.02. The SMILES string of the molecule is CCOC(=O)COc1ccc(Cl)cc1/C=c1\sc2n(c1=O)[C@@H](c1ccc(OC)c(OC)c1)C(C(=O)OCC)=C(c1ccccc1)N=2. The summed E-state index contributed by atoms with van der Waals surface area (Å²) in [7, 11) is 3.04. The molecule has 4 aromatic rings.